The third-order valence-electron chi connectivity index (χ3n) is 11.2. The predicted molar refractivity (Wildman–Crippen MR) is 228 cm³/mol. The minimum Gasteiger partial charge on any atom is -0.457 e. The van der Waals surface area contributed by atoms with E-state index >= 15 is 0 Å². The molecule has 1 aliphatic rings. The second kappa shape index (κ2) is 12.7. The average Bonchev–Trinajstić information content (AvgIpc) is 3.78. The van der Waals surface area contributed by atoms with E-state index in [0.717, 1.165) is 73.0 Å². The highest BCUT2D eigenvalue weighted by Crippen LogP contribution is 2.42. The number of imidazole rings is 1. The Bertz CT molecular complexity index is 3060. The first-order valence-electron chi connectivity index (χ1n) is 18.8. The normalized spacial score (nSPS) is 13.0. The molecule has 11 rings (SSSR count). The molecule has 0 aliphatic carbocycles. The topological polar surface area (TPSA) is 54.1 Å². The van der Waals surface area contributed by atoms with Crippen molar-refractivity contribution in [2.45, 2.75) is 0 Å². The number of fused-ring (bicyclic) bond motifs is 7. The van der Waals surface area contributed by atoms with Crippen LogP contribution in [0.5, 0.6) is 23.0 Å². The van der Waals surface area contributed by atoms with Gasteiger partial charge in [-0.3, -0.25) is 4.57 Å². The summed E-state index contributed by atoms with van der Waals surface area (Å²) < 4.78 is 18.2. The van der Waals surface area contributed by atoms with Gasteiger partial charge in [-0.1, -0.05) is 121 Å². The number of rotatable bonds is 6. The van der Waals surface area contributed by atoms with Crippen molar-refractivity contribution in [3.05, 3.63) is 188 Å². The lowest BCUT2D eigenvalue weighted by Crippen LogP contribution is -2.76. The summed E-state index contributed by atoms with van der Waals surface area (Å²) in [5, 5.41) is 7.23. The summed E-state index contributed by atoms with van der Waals surface area (Å²) in [4.78, 5) is 9.85. The van der Waals surface area contributed by atoms with Gasteiger partial charge in [0.1, 0.15) is 28.9 Å². The molecular weight excluding hydrogens is 705 g/mol. The molecule has 0 fully saturated rings. The zero-order valence-electron chi connectivity index (χ0n) is 30.5. The molecule has 266 valence electrons. The number of aryl methyl sites for hydroxylation is 1. The third-order valence-corrected chi connectivity index (χ3v) is 16.0. The minimum atomic E-state index is -2.87. The molecule has 4 heterocycles. The van der Waals surface area contributed by atoms with Crippen LogP contribution in [0.4, 0.5) is 0 Å². The van der Waals surface area contributed by atoms with E-state index in [-0.39, 0.29) is 0 Å². The lowest BCUT2D eigenvalue weighted by Gasteiger charge is -2.39. The molecule has 7 aromatic carbocycles. The van der Waals surface area contributed by atoms with Gasteiger partial charge in [0.05, 0.1) is 22.1 Å². The first kappa shape index (κ1) is 32.2. The summed E-state index contributed by atoms with van der Waals surface area (Å²) in [6, 6.07) is 63.9. The van der Waals surface area contributed by atoms with Crippen LogP contribution in [-0.2, 0) is 7.05 Å². The highest BCUT2D eigenvalue weighted by atomic mass is 28.3. The fourth-order valence-electron chi connectivity index (χ4n) is 8.77. The van der Waals surface area contributed by atoms with Gasteiger partial charge >= 0.3 is 0 Å². The van der Waals surface area contributed by atoms with Crippen molar-refractivity contribution in [2.24, 2.45) is 7.05 Å². The van der Waals surface area contributed by atoms with Gasteiger partial charge in [0.2, 0.25) is 0 Å². The van der Waals surface area contributed by atoms with Crippen molar-refractivity contribution in [1.82, 2.24) is 19.1 Å². The zero-order valence-corrected chi connectivity index (χ0v) is 31.5. The molecule has 0 amide bonds. The Morgan fingerprint density at radius 2 is 1.29 bits per heavy atom. The molecular formula is C49H34N4O2Si. The molecule has 0 radical (unpaired) electrons. The van der Waals surface area contributed by atoms with Gasteiger partial charge in [-0.05, 0) is 75.3 Å². The van der Waals surface area contributed by atoms with Gasteiger partial charge in [0.25, 0.3) is 0 Å². The number of aromatic nitrogens is 4. The minimum absolute atomic E-state index is 0.720. The second-order valence-electron chi connectivity index (χ2n) is 14.2. The van der Waals surface area contributed by atoms with Crippen LogP contribution in [0.1, 0.15) is 0 Å². The molecule has 10 aromatic rings. The smallest absolute Gasteiger partial charge is 0.188 e. The molecule has 0 atom stereocenters. The van der Waals surface area contributed by atoms with Crippen LogP contribution in [0, 0.1) is 0 Å². The van der Waals surface area contributed by atoms with Crippen molar-refractivity contribution in [1.29, 1.82) is 0 Å². The van der Waals surface area contributed by atoms with Crippen LogP contribution in [0.3, 0.4) is 0 Å². The molecule has 0 saturated heterocycles. The number of ether oxygens (including phenoxy) is 2. The van der Waals surface area contributed by atoms with Crippen LogP contribution >= 0.6 is 0 Å². The SMILES string of the molecule is Cn1c(-c2cccc(Oc3ccc4c5ccc6c(c5n(-c5ccccn5)c4c3)Oc3ccccc3[Si]6(c3ccccc3)c3ccccc3)c2)nc2ccccc21. The monoisotopic (exact) mass is 738 g/mol. The molecule has 1 aliphatic heterocycles. The predicted octanol–water partition coefficient (Wildman–Crippen LogP) is 9.01. The molecule has 6 nitrogen and oxygen atoms in total. The van der Waals surface area contributed by atoms with E-state index in [9.17, 15) is 0 Å². The Kier molecular flexibility index (Phi) is 7.30. The lowest BCUT2D eigenvalue weighted by molar-refractivity contribution is 0.483. The Hall–Kier alpha value is -7.22. The van der Waals surface area contributed by atoms with Crippen LogP contribution in [0.25, 0.3) is 50.0 Å². The van der Waals surface area contributed by atoms with Crippen molar-refractivity contribution < 1.29 is 9.47 Å². The summed E-state index contributed by atoms with van der Waals surface area (Å²) in [6.07, 6.45) is 1.85. The number of pyridine rings is 1. The zero-order chi connectivity index (χ0) is 37.2. The largest absolute Gasteiger partial charge is 0.457 e. The number of hydrogen-bond acceptors (Lipinski definition) is 4. The van der Waals surface area contributed by atoms with E-state index in [1.54, 1.807) is 0 Å². The molecule has 0 spiro atoms. The van der Waals surface area contributed by atoms with Gasteiger partial charge in [0.15, 0.2) is 13.8 Å². The van der Waals surface area contributed by atoms with Gasteiger partial charge in [-0.25, -0.2) is 9.97 Å². The summed E-state index contributed by atoms with van der Waals surface area (Å²) in [5.41, 5.74) is 4.99. The molecule has 56 heavy (non-hydrogen) atoms. The van der Waals surface area contributed by atoms with E-state index in [2.05, 4.69) is 156 Å². The Labute approximate surface area is 324 Å². The second-order valence-corrected chi connectivity index (χ2v) is 18.0. The van der Waals surface area contributed by atoms with Gasteiger partial charge in [0, 0.05) is 35.6 Å². The van der Waals surface area contributed by atoms with E-state index in [1.807, 2.05) is 48.7 Å². The molecule has 0 bridgehead atoms. The first-order valence-corrected chi connectivity index (χ1v) is 20.8. The van der Waals surface area contributed by atoms with Crippen LogP contribution in [-0.4, -0.2) is 27.2 Å². The Morgan fingerprint density at radius 1 is 0.571 bits per heavy atom. The maximum atomic E-state index is 7.14. The Balaban J connectivity index is 1.13. The number of para-hydroxylation sites is 3. The summed E-state index contributed by atoms with van der Waals surface area (Å²) in [6.45, 7) is 0. The van der Waals surface area contributed by atoms with E-state index in [4.69, 9.17) is 19.4 Å². The fraction of sp³-hybridized carbons (Fsp3) is 0.0204. The fourth-order valence-corrected chi connectivity index (χ4v) is 13.7. The van der Waals surface area contributed by atoms with Crippen molar-refractivity contribution in [3.8, 4) is 40.2 Å². The molecule has 7 heteroatoms. The molecule has 0 saturated carbocycles. The first-order chi connectivity index (χ1) is 27.7. The van der Waals surface area contributed by atoms with E-state index in [1.165, 1.54) is 20.7 Å². The third kappa shape index (κ3) is 4.81. The van der Waals surface area contributed by atoms with E-state index in [0.29, 0.717) is 0 Å². The van der Waals surface area contributed by atoms with Gasteiger partial charge < -0.3 is 14.0 Å². The average molecular weight is 739 g/mol. The number of benzene rings is 7. The van der Waals surface area contributed by atoms with Crippen LogP contribution in [0.2, 0.25) is 0 Å². The van der Waals surface area contributed by atoms with Crippen LogP contribution in [0.15, 0.2) is 188 Å². The summed E-state index contributed by atoms with van der Waals surface area (Å²) in [7, 11) is -0.816. The maximum Gasteiger partial charge on any atom is 0.188 e. The Morgan fingerprint density at radius 3 is 2.07 bits per heavy atom. The maximum absolute atomic E-state index is 7.14. The number of hydrogen-bond donors (Lipinski definition) is 0. The molecule has 0 N–H and O–H groups in total. The number of nitrogens with zero attached hydrogens (tertiary/aromatic N) is 4. The van der Waals surface area contributed by atoms with Gasteiger partial charge in [-0.15, -0.1) is 0 Å². The van der Waals surface area contributed by atoms with Crippen molar-refractivity contribution in [3.63, 3.8) is 0 Å². The van der Waals surface area contributed by atoms with Gasteiger partial charge in [-0.2, -0.15) is 0 Å². The van der Waals surface area contributed by atoms with Crippen LogP contribution < -0.4 is 30.2 Å². The molecule has 3 aromatic heterocycles. The van der Waals surface area contributed by atoms with E-state index < -0.39 is 8.07 Å². The quantitative estimate of drug-likeness (QED) is 0.160. The lowest BCUT2D eigenvalue weighted by atomic mass is 10.1. The van der Waals surface area contributed by atoms with Crippen molar-refractivity contribution in [2.75, 3.05) is 0 Å². The molecule has 0 unspecified atom stereocenters. The summed E-state index contributed by atoms with van der Waals surface area (Å²) >= 11 is 0. The standard InChI is InChI=1S/C49H34N4O2Si/c1-52-41-22-9-8-21-40(41)51-49(52)33-15-14-16-34(31-33)54-35-26-27-38-39-28-29-45-48(47(39)53(42(38)32-35)46-25-12-13-30-50-46)55-43-23-10-11-24-44(43)56(45,36-17-4-2-5-18-36)37-19-6-3-7-20-37/h2-32H,1H3. The highest BCUT2D eigenvalue weighted by Gasteiger charge is 2.48. The highest BCUT2D eigenvalue weighted by molar-refractivity contribution is 7.20. The van der Waals surface area contributed by atoms with Crippen molar-refractivity contribution >= 4 is 61.7 Å². The summed E-state index contributed by atoms with van der Waals surface area (Å²) in [5.74, 6) is 4.88.